The van der Waals surface area contributed by atoms with E-state index in [2.05, 4.69) is 10.2 Å². The quantitative estimate of drug-likeness (QED) is 0.786. The van der Waals surface area contributed by atoms with Gasteiger partial charge >= 0.3 is 0 Å². The number of benzene rings is 2. The van der Waals surface area contributed by atoms with E-state index in [1.54, 1.807) is 39.5 Å². The largest absolute Gasteiger partial charge is 0.497 e. The van der Waals surface area contributed by atoms with Crippen LogP contribution in [0, 0.1) is 0 Å². The Kier molecular flexibility index (Phi) is 6.86. The molecule has 6 heteroatoms. The Morgan fingerprint density at radius 3 is 1.92 bits per heavy atom. The Balaban J connectivity index is 2.12. The van der Waals surface area contributed by atoms with Crippen molar-refractivity contribution in [2.24, 2.45) is 0 Å². The third-order valence-electron chi connectivity index (χ3n) is 4.19. The number of likely N-dealkylation sites (N-methyl/N-ethyl adjacent to an activating group) is 1. The van der Waals surface area contributed by atoms with Crippen LogP contribution < -0.4 is 19.5 Å². The Labute approximate surface area is 154 Å². The minimum Gasteiger partial charge on any atom is -0.497 e. The SMILES string of the molecule is COc1ccc(C(CNC(=O)c2cc(OC)cc(OC)c2)N(C)C)cc1. The summed E-state index contributed by atoms with van der Waals surface area (Å²) in [5.41, 5.74) is 1.59. The summed E-state index contributed by atoms with van der Waals surface area (Å²) in [6.45, 7) is 0.470. The van der Waals surface area contributed by atoms with E-state index in [4.69, 9.17) is 14.2 Å². The normalized spacial score (nSPS) is 11.8. The molecule has 2 aromatic carbocycles. The monoisotopic (exact) mass is 358 g/mol. The lowest BCUT2D eigenvalue weighted by atomic mass is 10.1. The van der Waals surface area contributed by atoms with Crippen molar-refractivity contribution in [3.8, 4) is 17.2 Å². The Morgan fingerprint density at radius 1 is 0.923 bits per heavy atom. The van der Waals surface area contributed by atoms with Gasteiger partial charge in [0.2, 0.25) is 0 Å². The predicted octanol–water partition coefficient (Wildman–Crippen LogP) is 2.75. The molecule has 0 fully saturated rings. The number of nitrogens with zero attached hydrogens (tertiary/aromatic N) is 1. The molecule has 1 atom stereocenters. The van der Waals surface area contributed by atoms with Crippen LogP contribution in [0.5, 0.6) is 17.2 Å². The summed E-state index contributed by atoms with van der Waals surface area (Å²) in [6.07, 6.45) is 0. The van der Waals surface area contributed by atoms with Crippen LogP contribution in [-0.2, 0) is 0 Å². The maximum absolute atomic E-state index is 12.6. The van der Waals surface area contributed by atoms with E-state index in [1.807, 2.05) is 38.4 Å². The van der Waals surface area contributed by atoms with Crippen LogP contribution in [0.15, 0.2) is 42.5 Å². The first-order valence-electron chi connectivity index (χ1n) is 8.30. The standard InChI is InChI=1S/C20H26N2O4/c1-22(2)19(14-6-8-16(24-3)9-7-14)13-21-20(23)15-10-17(25-4)12-18(11-15)26-5/h6-12,19H,13H2,1-5H3,(H,21,23). The number of rotatable bonds is 8. The molecule has 140 valence electrons. The molecule has 0 aliphatic rings. The molecule has 0 aromatic heterocycles. The summed E-state index contributed by atoms with van der Waals surface area (Å²) in [7, 11) is 8.72. The molecule has 0 saturated heterocycles. The second kappa shape index (κ2) is 9.10. The number of carbonyl (C=O) groups excluding carboxylic acids is 1. The van der Waals surface area contributed by atoms with Crippen LogP contribution >= 0.6 is 0 Å². The average molecular weight is 358 g/mol. The van der Waals surface area contributed by atoms with Crippen LogP contribution in [0.1, 0.15) is 22.0 Å². The Bertz CT molecular complexity index is 707. The van der Waals surface area contributed by atoms with Gasteiger partial charge in [0.15, 0.2) is 0 Å². The van der Waals surface area contributed by atoms with Gasteiger partial charge < -0.3 is 24.4 Å². The molecule has 0 aliphatic carbocycles. The van der Waals surface area contributed by atoms with Crippen LogP contribution in [0.3, 0.4) is 0 Å². The molecule has 1 N–H and O–H groups in total. The Hall–Kier alpha value is -2.73. The minimum absolute atomic E-state index is 0.0392. The van der Waals surface area contributed by atoms with Gasteiger partial charge in [-0.15, -0.1) is 0 Å². The maximum Gasteiger partial charge on any atom is 0.251 e. The number of ether oxygens (including phenoxy) is 3. The van der Waals surface area contributed by atoms with Crippen molar-refractivity contribution in [3.63, 3.8) is 0 Å². The number of methoxy groups -OCH3 is 3. The molecule has 0 radical (unpaired) electrons. The second-order valence-corrected chi connectivity index (χ2v) is 6.06. The van der Waals surface area contributed by atoms with Crippen molar-refractivity contribution in [2.45, 2.75) is 6.04 Å². The number of hydrogen-bond donors (Lipinski definition) is 1. The Morgan fingerprint density at radius 2 is 1.46 bits per heavy atom. The van der Waals surface area contributed by atoms with E-state index in [9.17, 15) is 4.79 Å². The third kappa shape index (κ3) is 4.89. The summed E-state index contributed by atoms with van der Waals surface area (Å²) in [6, 6.07) is 13.0. The molecular weight excluding hydrogens is 332 g/mol. The van der Waals surface area contributed by atoms with Crippen molar-refractivity contribution in [1.29, 1.82) is 0 Å². The fourth-order valence-corrected chi connectivity index (χ4v) is 2.65. The van der Waals surface area contributed by atoms with E-state index in [-0.39, 0.29) is 11.9 Å². The van der Waals surface area contributed by atoms with Gasteiger partial charge in [-0.2, -0.15) is 0 Å². The zero-order chi connectivity index (χ0) is 19.1. The lowest BCUT2D eigenvalue weighted by Crippen LogP contribution is -2.34. The van der Waals surface area contributed by atoms with Crippen molar-refractivity contribution < 1.29 is 19.0 Å². The summed E-state index contributed by atoms with van der Waals surface area (Å²) in [5.74, 6) is 1.78. The molecule has 0 saturated carbocycles. The van der Waals surface area contributed by atoms with Gasteiger partial charge in [-0.05, 0) is 43.9 Å². The van der Waals surface area contributed by atoms with E-state index in [0.717, 1.165) is 11.3 Å². The summed E-state index contributed by atoms with van der Waals surface area (Å²) < 4.78 is 15.6. The van der Waals surface area contributed by atoms with Gasteiger partial charge in [-0.3, -0.25) is 4.79 Å². The second-order valence-electron chi connectivity index (χ2n) is 6.06. The van der Waals surface area contributed by atoms with Crippen molar-refractivity contribution >= 4 is 5.91 Å². The van der Waals surface area contributed by atoms with Gasteiger partial charge in [-0.25, -0.2) is 0 Å². The highest BCUT2D eigenvalue weighted by atomic mass is 16.5. The first kappa shape index (κ1) is 19.6. The van der Waals surface area contributed by atoms with Crippen LogP contribution in [-0.4, -0.2) is 52.8 Å². The first-order chi connectivity index (χ1) is 12.5. The summed E-state index contributed by atoms with van der Waals surface area (Å²) >= 11 is 0. The first-order valence-corrected chi connectivity index (χ1v) is 8.30. The number of nitrogens with one attached hydrogen (secondary N) is 1. The molecule has 1 unspecified atom stereocenters. The summed E-state index contributed by atoms with van der Waals surface area (Å²) in [5, 5.41) is 2.99. The highest BCUT2D eigenvalue weighted by Crippen LogP contribution is 2.23. The highest BCUT2D eigenvalue weighted by Gasteiger charge is 2.17. The van der Waals surface area contributed by atoms with Gasteiger partial charge in [0, 0.05) is 18.2 Å². The molecule has 26 heavy (non-hydrogen) atoms. The van der Waals surface area contributed by atoms with Crippen molar-refractivity contribution in [1.82, 2.24) is 10.2 Å². The molecule has 0 aliphatic heterocycles. The number of carbonyl (C=O) groups is 1. The van der Waals surface area contributed by atoms with Crippen LogP contribution in [0.4, 0.5) is 0 Å². The minimum atomic E-state index is -0.178. The molecular formula is C20H26N2O4. The molecule has 1 amide bonds. The highest BCUT2D eigenvalue weighted by molar-refractivity contribution is 5.95. The molecule has 0 bridgehead atoms. The third-order valence-corrected chi connectivity index (χ3v) is 4.19. The van der Waals surface area contributed by atoms with E-state index in [1.165, 1.54) is 0 Å². The van der Waals surface area contributed by atoms with Gasteiger partial charge in [0.25, 0.3) is 5.91 Å². The average Bonchev–Trinajstić information content (AvgIpc) is 2.67. The number of amides is 1. The molecule has 0 spiro atoms. The molecule has 2 aromatic rings. The lowest BCUT2D eigenvalue weighted by Gasteiger charge is -2.25. The van der Waals surface area contributed by atoms with Gasteiger partial charge in [0.1, 0.15) is 17.2 Å². The molecule has 2 rings (SSSR count). The molecule has 6 nitrogen and oxygen atoms in total. The van der Waals surface area contributed by atoms with E-state index in [0.29, 0.717) is 23.6 Å². The fourth-order valence-electron chi connectivity index (χ4n) is 2.65. The summed E-state index contributed by atoms with van der Waals surface area (Å²) in [4.78, 5) is 14.6. The van der Waals surface area contributed by atoms with E-state index < -0.39 is 0 Å². The fraction of sp³-hybridized carbons (Fsp3) is 0.350. The zero-order valence-electron chi connectivity index (χ0n) is 15.9. The van der Waals surface area contributed by atoms with Crippen molar-refractivity contribution in [3.05, 3.63) is 53.6 Å². The topological polar surface area (TPSA) is 60.0 Å². The van der Waals surface area contributed by atoms with Crippen molar-refractivity contribution in [2.75, 3.05) is 42.0 Å². The maximum atomic E-state index is 12.6. The number of hydrogen-bond acceptors (Lipinski definition) is 5. The lowest BCUT2D eigenvalue weighted by molar-refractivity contribution is 0.0941. The van der Waals surface area contributed by atoms with Gasteiger partial charge in [0.05, 0.1) is 27.4 Å². The predicted molar refractivity (Wildman–Crippen MR) is 101 cm³/mol. The smallest absolute Gasteiger partial charge is 0.251 e. The van der Waals surface area contributed by atoms with Gasteiger partial charge in [-0.1, -0.05) is 12.1 Å². The van der Waals surface area contributed by atoms with Crippen LogP contribution in [0.2, 0.25) is 0 Å². The van der Waals surface area contributed by atoms with Crippen LogP contribution in [0.25, 0.3) is 0 Å². The van der Waals surface area contributed by atoms with E-state index >= 15 is 0 Å². The zero-order valence-corrected chi connectivity index (χ0v) is 15.9. The molecule has 0 heterocycles.